The Balaban J connectivity index is 1.94. The van der Waals surface area contributed by atoms with Gasteiger partial charge in [-0.25, -0.2) is 4.79 Å². The molecule has 0 saturated heterocycles. The fourth-order valence-corrected chi connectivity index (χ4v) is 2.17. The van der Waals surface area contributed by atoms with Crippen molar-refractivity contribution in [2.75, 3.05) is 13.2 Å². The Morgan fingerprint density at radius 1 is 1.16 bits per heavy atom. The Morgan fingerprint density at radius 3 is 2.16 bits per heavy atom. The zero-order valence-electron chi connectivity index (χ0n) is 12.9. The molecule has 0 spiro atoms. The van der Waals surface area contributed by atoms with Gasteiger partial charge in [-0.05, 0) is 19.1 Å². The second-order valence-corrected chi connectivity index (χ2v) is 5.20. The molecular formula is C15H13F3N2O5. The van der Waals surface area contributed by atoms with Crippen LogP contribution in [0.1, 0.15) is 27.6 Å². The molecule has 10 heteroatoms. The molecule has 1 aromatic carbocycles. The van der Waals surface area contributed by atoms with Crippen LogP contribution >= 0.6 is 0 Å². The van der Waals surface area contributed by atoms with Crippen LogP contribution in [0, 0.1) is 0 Å². The van der Waals surface area contributed by atoms with Gasteiger partial charge in [0.2, 0.25) is 0 Å². The molecule has 1 aliphatic heterocycles. The molecule has 3 amide bonds. The number of nitrogens with zero attached hydrogens (tertiary/aromatic N) is 1. The van der Waals surface area contributed by atoms with Gasteiger partial charge in [0.1, 0.15) is 12.6 Å². The number of carbonyl (C=O) groups is 4. The third-order valence-corrected chi connectivity index (χ3v) is 3.39. The fraction of sp³-hybridized carbons (Fsp3) is 0.333. The molecule has 0 unspecified atom stereocenters. The summed E-state index contributed by atoms with van der Waals surface area (Å²) in [7, 11) is 0. The Morgan fingerprint density at radius 2 is 1.68 bits per heavy atom. The number of fused-ring (bicyclic) bond motifs is 1. The number of ether oxygens (including phenoxy) is 1. The first kappa shape index (κ1) is 18.4. The van der Waals surface area contributed by atoms with E-state index in [2.05, 4.69) is 4.74 Å². The van der Waals surface area contributed by atoms with Gasteiger partial charge in [0.05, 0.1) is 11.1 Å². The molecule has 1 N–H and O–H groups in total. The monoisotopic (exact) mass is 358 g/mol. The molecule has 134 valence electrons. The molecular weight excluding hydrogens is 345 g/mol. The second-order valence-electron chi connectivity index (χ2n) is 5.20. The molecule has 1 heterocycles. The highest BCUT2D eigenvalue weighted by Gasteiger charge is 2.41. The van der Waals surface area contributed by atoms with E-state index >= 15 is 0 Å². The summed E-state index contributed by atoms with van der Waals surface area (Å²) in [5.41, 5.74) is 0.269. The van der Waals surface area contributed by atoms with Crippen LogP contribution in [0.15, 0.2) is 24.3 Å². The molecule has 0 saturated carbocycles. The Bertz CT molecular complexity index is 697. The van der Waals surface area contributed by atoms with Crippen LogP contribution < -0.4 is 5.32 Å². The molecule has 0 aliphatic carbocycles. The number of halogens is 3. The number of rotatable bonds is 5. The first-order valence-electron chi connectivity index (χ1n) is 7.09. The number of amides is 3. The van der Waals surface area contributed by atoms with E-state index in [9.17, 15) is 32.3 Å². The summed E-state index contributed by atoms with van der Waals surface area (Å²) in [6.45, 7) is -1.29. The number of imide groups is 1. The topological polar surface area (TPSA) is 92.8 Å². The van der Waals surface area contributed by atoms with Crippen molar-refractivity contribution in [1.82, 2.24) is 10.2 Å². The van der Waals surface area contributed by atoms with Crippen LogP contribution in [-0.4, -0.2) is 54.0 Å². The lowest BCUT2D eigenvalue weighted by Crippen LogP contribution is -2.45. The average Bonchev–Trinajstić information content (AvgIpc) is 2.81. The zero-order chi connectivity index (χ0) is 18.8. The molecule has 7 nitrogen and oxygen atoms in total. The molecule has 2 rings (SSSR count). The summed E-state index contributed by atoms with van der Waals surface area (Å²) in [5, 5.41) is 1.53. The van der Waals surface area contributed by atoms with Crippen LogP contribution in [0.5, 0.6) is 0 Å². The number of hydrogen-bond donors (Lipinski definition) is 1. The molecule has 1 aromatic rings. The van der Waals surface area contributed by atoms with Gasteiger partial charge in [-0.3, -0.25) is 19.3 Å². The van der Waals surface area contributed by atoms with E-state index in [1.165, 1.54) is 24.4 Å². The highest BCUT2D eigenvalue weighted by molar-refractivity contribution is 6.22. The Hall–Kier alpha value is -2.91. The number of nitrogens with one attached hydrogen (secondary N) is 1. The molecule has 0 fully saturated rings. The normalized spacial score (nSPS) is 15.0. The maximum Gasteiger partial charge on any atom is 0.405 e. The second kappa shape index (κ2) is 6.91. The number of alkyl halides is 3. The predicted octanol–water partition coefficient (Wildman–Crippen LogP) is 0.893. The van der Waals surface area contributed by atoms with E-state index in [4.69, 9.17) is 0 Å². The van der Waals surface area contributed by atoms with Crippen molar-refractivity contribution in [3.05, 3.63) is 35.4 Å². The lowest BCUT2D eigenvalue weighted by atomic mass is 10.1. The van der Waals surface area contributed by atoms with E-state index in [-0.39, 0.29) is 11.1 Å². The maximum atomic E-state index is 12.2. The quantitative estimate of drug-likeness (QED) is 0.623. The van der Waals surface area contributed by atoms with Gasteiger partial charge in [0, 0.05) is 0 Å². The lowest BCUT2D eigenvalue weighted by Gasteiger charge is -2.20. The summed E-state index contributed by atoms with van der Waals surface area (Å²) in [4.78, 5) is 48.2. The minimum Gasteiger partial charge on any atom is -0.454 e. The lowest BCUT2D eigenvalue weighted by molar-refractivity contribution is -0.154. The SMILES string of the molecule is C[C@@H](C(=O)OCC(=O)NCC(F)(F)F)N1C(=O)c2ccccc2C1=O. The minimum absolute atomic E-state index is 0.134. The summed E-state index contributed by atoms with van der Waals surface area (Å²) in [6, 6.07) is 4.64. The third-order valence-electron chi connectivity index (χ3n) is 3.39. The molecule has 1 aliphatic rings. The van der Waals surface area contributed by atoms with Gasteiger partial charge in [-0.1, -0.05) is 12.1 Å². The number of carbonyl (C=O) groups excluding carboxylic acids is 4. The van der Waals surface area contributed by atoms with E-state index in [1.807, 2.05) is 0 Å². The van der Waals surface area contributed by atoms with Crippen molar-refractivity contribution in [2.45, 2.75) is 19.1 Å². The van der Waals surface area contributed by atoms with Gasteiger partial charge in [0.15, 0.2) is 6.61 Å². The maximum absolute atomic E-state index is 12.2. The van der Waals surface area contributed by atoms with Crippen molar-refractivity contribution < 1.29 is 37.1 Å². The van der Waals surface area contributed by atoms with Gasteiger partial charge < -0.3 is 10.1 Å². The number of benzene rings is 1. The van der Waals surface area contributed by atoms with Crippen molar-refractivity contribution in [3.63, 3.8) is 0 Å². The van der Waals surface area contributed by atoms with Crippen molar-refractivity contribution in [1.29, 1.82) is 0 Å². The summed E-state index contributed by atoms with van der Waals surface area (Å²) >= 11 is 0. The first-order valence-corrected chi connectivity index (χ1v) is 7.09. The van der Waals surface area contributed by atoms with Gasteiger partial charge in [-0.2, -0.15) is 13.2 Å². The van der Waals surface area contributed by atoms with Gasteiger partial charge in [0.25, 0.3) is 17.7 Å². The largest absolute Gasteiger partial charge is 0.454 e. The highest BCUT2D eigenvalue weighted by Crippen LogP contribution is 2.24. The molecule has 25 heavy (non-hydrogen) atoms. The fourth-order valence-electron chi connectivity index (χ4n) is 2.17. The van der Waals surface area contributed by atoms with E-state index in [0.717, 1.165) is 0 Å². The van der Waals surface area contributed by atoms with Crippen molar-refractivity contribution >= 4 is 23.7 Å². The van der Waals surface area contributed by atoms with Crippen LogP contribution in [0.2, 0.25) is 0 Å². The Kier molecular flexibility index (Phi) is 5.10. The first-order chi connectivity index (χ1) is 11.6. The third kappa shape index (κ3) is 4.14. The van der Waals surface area contributed by atoms with Crippen LogP contribution in [0.25, 0.3) is 0 Å². The summed E-state index contributed by atoms with van der Waals surface area (Å²) in [5.74, 6) is -3.62. The molecule has 0 aromatic heterocycles. The van der Waals surface area contributed by atoms with E-state index in [1.54, 1.807) is 12.1 Å². The highest BCUT2D eigenvalue weighted by atomic mass is 19.4. The summed E-state index contributed by atoms with van der Waals surface area (Å²) < 4.78 is 40.5. The standard InChI is InChI=1S/C15H13F3N2O5/c1-8(14(24)25-6-11(21)19-7-15(16,17)18)20-12(22)9-4-2-3-5-10(9)13(20)23/h2-5,8H,6-7H2,1H3,(H,19,21)/t8-/m0/s1. The average molecular weight is 358 g/mol. The number of hydrogen-bond acceptors (Lipinski definition) is 5. The van der Waals surface area contributed by atoms with E-state index in [0.29, 0.717) is 4.90 Å². The van der Waals surface area contributed by atoms with E-state index < -0.39 is 49.1 Å². The van der Waals surface area contributed by atoms with Gasteiger partial charge >= 0.3 is 12.1 Å². The van der Waals surface area contributed by atoms with Crippen molar-refractivity contribution in [3.8, 4) is 0 Å². The zero-order valence-corrected chi connectivity index (χ0v) is 12.9. The smallest absolute Gasteiger partial charge is 0.405 e. The van der Waals surface area contributed by atoms with Crippen LogP contribution in [0.3, 0.4) is 0 Å². The van der Waals surface area contributed by atoms with Crippen molar-refractivity contribution in [2.24, 2.45) is 0 Å². The number of esters is 1. The molecule has 0 bridgehead atoms. The van der Waals surface area contributed by atoms with Crippen LogP contribution in [0.4, 0.5) is 13.2 Å². The summed E-state index contributed by atoms with van der Waals surface area (Å²) in [6.07, 6.45) is -4.59. The Labute approximate surface area is 139 Å². The predicted molar refractivity (Wildman–Crippen MR) is 76.4 cm³/mol. The molecule has 1 atom stereocenters. The van der Waals surface area contributed by atoms with Gasteiger partial charge in [-0.15, -0.1) is 0 Å². The molecule has 0 radical (unpaired) electrons. The minimum atomic E-state index is -4.59. The van der Waals surface area contributed by atoms with Crippen LogP contribution in [-0.2, 0) is 14.3 Å².